The van der Waals surface area contributed by atoms with Gasteiger partial charge < -0.3 is 14.6 Å². The number of carbonyl (C=O) groups is 1. The van der Waals surface area contributed by atoms with Gasteiger partial charge in [-0.15, -0.1) is 0 Å². The maximum absolute atomic E-state index is 10.6. The first-order valence-electron chi connectivity index (χ1n) is 7.27. The standard InChI is InChI=1S/C18H20O4/c1-14-5-2-3-8-17(14)22-12-11-21-16-7-4-6-15(13-16)9-10-18(19)20/h2-8,13H,9-12H2,1H3,(H,19,20). The van der Waals surface area contributed by atoms with E-state index in [1.54, 1.807) is 0 Å². The Morgan fingerprint density at radius 2 is 1.82 bits per heavy atom. The van der Waals surface area contributed by atoms with Crippen molar-refractivity contribution in [3.8, 4) is 11.5 Å². The zero-order valence-corrected chi connectivity index (χ0v) is 12.6. The maximum Gasteiger partial charge on any atom is 0.303 e. The van der Waals surface area contributed by atoms with E-state index in [0.29, 0.717) is 19.6 Å². The summed E-state index contributed by atoms with van der Waals surface area (Å²) in [6.07, 6.45) is 0.631. The zero-order valence-electron chi connectivity index (χ0n) is 12.6. The molecule has 22 heavy (non-hydrogen) atoms. The molecule has 116 valence electrons. The molecule has 0 aliphatic rings. The highest BCUT2D eigenvalue weighted by Crippen LogP contribution is 2.17. The topological polar surface area (TPSA) is 55.8 Å². The summed E-state index contributed by atoms with van der Waals surface area (Å²) in [4.78, 5) is 10.6. The fourth-order valence-electron chi connectivity index (χ4n) is 2.07. The number of benzene rings is 2. The second kappa shape index (κ2) is 8.08. The first-order chi connectivity index (χ1) is 10.6. The lowest BCUT2D eigenvalue weighted by Crippen LogP contribution is -2.09. The Hall–Kier alpha value is -2.49. The number of carboxylic acids is 1. The van der Waals surface area contributed by atoms with Crippen molar-refractivity contribution in [2.45, 2.75) is 19.8 Å². The van der Waals surface area contributed by atoms with E-state index in [0.717, 1.165) is 22.6 Å². The molecule has 0 aliphatic carbocycles. The molecule has 0 unspecified atom stereocenters. The Bertz CT molecular complexity index is 622. The van der Waals surface area contributed by atoms with Crippen molar-refractivity contribution in [1.82, 2.24) is 0 Å². The number of ether oxygens (including phenoxy) is 2. The van der Waals surface area contributed by atoms with Crippen LogP contribution in [0.4, 0.5) is 0 Å². The highest BCUT2D eigenvalue weighted by Gasteiger charge is 2.02. The molecule has 1 N–H and O–H groups in total. The second-order valence-electron chi connectivity index (χ2n) is 5.00. The molecular weight excluding hydrogens is 280 g/mol. The molecule has 4 nitrogen and oxygen atoms in total. The van der Waals surface area contributed by atoms with Gasteiger partial charge in [0.2, 0.25) is 0 Å². The predicted molar refractivity (Wildman–Crippen MR) is 84.6 cm³/mol. The maximum atomic E-state index is 10.6. The van der Waals surface area contributed by atoms with Crippen molar-refractivity contribution in [1.29, 1.82) is 0 Å². The Labute approximate surface area is 130 Å². The van der Waals surface area contributed by atoms with Gasteiger partial charge in [-0.3, -0.25) is 4.79 Å². The molecule has 2 rings (SSSR count). The van der Waals surface area contributed by atoms with E-state index in [1.165, 1.54) is 0 Å². The first kappa shape index (κ1) is 15.9. The lowest BCUT2D eigenvalue weighted by Gasteiger charge is -2.10. The molecule has 0 amide bonds. The molecule has 2 aromatic carbocycles. The summed E-state index contributed by atoms with van der Waals surface area (Å²) in [5.41, 5.74) is 2.05. The summed E-state index contributed by atoms with van der Waals surface area (Å²) >= 11 is 0. The van der Waals surface area contributed by atoms with Crippen molar-refractivity contribution in [3.63, 3.8) is 0 Å². The summed E-state index contributed by atoms with van der Waals surface area (Å²) in [6, 6.07) is 15.4. The van der Waals surface area contributed by atoms with Crippen LogP contribution in [0.25, 0.3) is 0 Å². The summed E-state index contributed by atoms with van der Waals surface area (Å²) in [7, 11) is 0. The average Bonchev–Trinajstić information content (AvgIpc) is 2.51. The Morgan fingerprint density at radius 1 is 1.05 bits per heavy atom. The van der Waals surface area contributed by atoms with Gasteiger partial charge in [0.15, 0.2) is 0 Å². The monoisotopic (exact) mass is 300 g/mol. The van der Waals surface area contributed by atoms with E-state index in [9.17, 15) is 4.79 Å². The molecule has 0 heterocycles. The zero-order chi connectivity index (χ0) is 15.8. The van der Waals surface area contributed by atoms with Crippen molar-refractivity contribution in [2.75, 3.05) is 13.2 Å². The molecule has 4 heteroatoms. The highest BCUT2D eigenvalue weighted by molar-refractivity contribution is 5.67. The number of hydrogen-bond donors (Lipinski definition) is 1. The second-order valence-corrected chi connectivity index (χ2v) is 5.00. The Balaban J connectivity index is 1.78. The third-order valence-electron chi connectivity index (χ3n) is 3.23. The lowest BCUT2D eigenvalue weighted by atomic mass is 10.1. The van der Waals surface area contributed by atoms with Crippen LogP contribution < -0.4 is 9.47 Å². The van der Waals surface area contributed by atoms with E-state index in [-0.39, 0.29) is 6.42 Å². The minimum absolute atomic E-state index is 0.125. The largest absolute Gasteiger partial charge is 0.490 e. The van der Waals surface area contributed by atoms with Crippen LogP contribution in [-0.2, 0) is 11.2 Å². The SMILES string of the molecule is Cc1ccccc1OCCOc1cccc(CCC(=O)O)c1. The van der Waals surface area contributed by atoms with Crippen LogP contribution in [0.2, 0.25) is 0 Å². The van der Waals surface area contributed by atoms with Crippen LogP contribution in [-0.4, -0.2) is 24.3 Å². The quantitative estimate of drug-likeness (QED) is 0.758. The van der Waals surface area contributed by atoms with Crippen molar-refractivity contribution >= 4 is 5.97 Å². The molecule has 0 spiro atoms. The van der Waals surface area contributed by atoms with Crippen molar-refractivity contribution in [3.05, 3.63) is 59.7 Å². The smallest absolute Gasteiger partial charge is 0.303 e. The molecular formula is C18H20O4. The van der Waals surface area contributed by atoms with Crippen molar-refractivity contribution in [2.24, 2.45) is 0 Å². The van der Waals surface area contributed by atoms with E-state index in [1.807, 2.05) is 55.5 Å². The number of hydrogen-bond acceptors (Lipinski definition) is 3. The molecule has 0 atom stereocenters. The number of rotatable bonds is 8. The van der Waals surface area contributed by atoms with Gasteiger partial charge in [-0.25, -0.2) is 0 Å². The molecule has 0 saturated carbocycles. The molecule has 0 aromatic heterocycles. The average molecular weight is 300 g/mol. The van der Waals surface area contributed by atoms with Crippen LogP contribution in [0, 0.1) is 6.92 Å². The summed E-state index contributed by atoms with van der Waals surface area (Å²) < 4.78 is 11.3. The van der Waals surface area contributed by atoms with Crippen LogP contribution in [0.15, 0.2) is 48.5 Å². The number of aliphatic carboxylic acids is 1. The molecule has 0 saturated heterocycles. The van der Waals surface area contributed by atoms with Crippen molar-refractivity contribution < 1.29 is 19.4 Å². The van der Waals surface area contributed by atoms with Crippen LogP contribution in [0.1, 0.15) is 17.5 Å². The normalized spacial score (nSPS) is 10.2. The van der Waals surface area contributed by atoms with Gasteiger partial charge >= 0.3 is 5.97 Å². The molecule has 0 aliphatic heterocycles. The third kappa shape index (κ3) is 5.13. The minimum Gasteiger partial charge on any atom is -0.490 e. The minimum atomic E-state index is -0.794. The summed E-state index contributed by atoms with van der Waals surface area (Å²) in [5, 5.41) is 8.70. The number of carboxylic acid groups (broad SMARTS) is 1. The van der Waals surface area contributed by atoms with Gasteiger partial charge in [-0.05, 0) is 42.7 Å². The van der Waals surface area contributed by atoms with Gasteiger partial charge in [0.1, 0.15) is 24.7 Å². The van der Waals surface area contributed by atoms with Gasteiger partial charge in [0, 0.05) is 6.42 Å². The Morgan fingerprint density at radius 3 is 2.59 bits per heavy atom. The van der Waals surface area contributed by atoms with E-state index < -0.39 is 5.97 Å². The van der Waals surface area contributed by atoms with E-state index in [4.69, 9.17) is 14.6 Å². The van der Waals surface area contributed by atoms with Crippen LogP contribution in [0.3, 0.4) is 0 Å². The molecule has 0 radical (unpaired) electrons. The fourth-order valence-corrected chi connectivity index (χ4v) is 2.07. The highest BCUT2D eigenvalue weighted by atomic mass is 16.5. The summed E-state index contributed by atoms with van der Waals surface area (Å²) in [5.74, 6) is 0.801. The number of aryl methyl sites for hydroxylation is 2. The molecule has 0 fully saturated rings. The molecule has 2 aromatic rings. The predicted octanol–water partition coefficient (Wildman–Crippen LogP) is 3.47. The fraction of sp³-hybridized carbons (Fsp3) is 0.278. The lowest BCUT2D eigenvalue weighted by molar-refractivity contribution is -0.136. The van der Waals surface area contributed by atoms with Gasteiger partial charge in [0.05, 0.1) is 0 Å². The first-order valence-corrected chi connectivity index (χ1v) is 7.27. The van der Waals surface area contributed by atoms with Gasteiger partial charge in [-0.2, -0.15) is 0 Å². The van der Waals surface area contributed by atoms with E-state index in [2.05, 4.69) is 0 Å². The third-order valence-corrected chi connectivity index (χ3v) is 3.23. The summed E-state index contributed by atoms with van der Waals surface area (Å²) in [6.45, 7) is 2.91. The molecule has 0 bridgehead atoms. The van der Waals surface area contributed by atoms with Crippen LogP contribution >= 0.6 is 0 Å². The number of para-hydroxylation sites is 1. The van der Waals surface area contributed by atoms with E-state index >= 15 is 0 Å². The van der Waals surface area contributed by atoms with Gasteiger partial charge in [-0.1, -0.05) is 30.3 Å². The van der Waals surface area contributed by atoms with Gasteiger partial charge in [0.25, 0.3) is 0 Å². The Kier molecular flexibility index (Phi) is 5.83. The van der Waals surface area contributed by atoms with Crippen LogP contribution in [0.5, 0.6) is 11.5 Å².